The van der Waals surface area contributed by atoms with E-state index in [4.69, 9.17) is 11.6 Å². The van der Waals surface area contributed by atoms with E-state index in [1.165, 1.54) is 0 Å². The van der Waals surface area contributed by atoms with Crippen LogP contribution >= 0.6 is 11.6 Å². The first kappa shape index (κ1) is 13.3. The highest BCUT2D eigenvalue weighted by Crippen LogP contribution is 2.14. The van der Waals surface area contributed by atoms with E-state index < -0.39 is 0 Å². The number of halogens is 1. The average molecular weight is 271 g/mol. The third-order valence-electron chi connectivity index (χ3n) is 2.87. The van der Waals surface area contributed by atoms with Gasteiger partial charge in [-0.2, -0.15) is 15.0 Å². The first-order chi connectivity index (χ1) is 8.67. The van der Waals surface area contributed by atoms with Crippen LogP contribution in [0, 0.1) is 0 Å². The highest BCUT2D eigenvalue weighted by atomic mass is 35.5. The lowest BCUT2D eigenvalue weighted by molar-refractivity contribution is 0.414. The van der Waals surface area contributed by atoms with Gasteiger partial charge in [0, 0.05) is 19.1 Å². The normalized spacial score (nSPS) is 20.1. The van der Waals surface area contributed by atoms with Gasteiger partial charge in [0.15, 0.2) is 0 Å². The van der Waals surface area contributed by atoms with E-state index in [1.807, 2.05) is 0 Å². The molecule has 1 aliphatic rings. The number of anilines is 2. The predicted molar refractivity (Wildman–Crippen MR) is 73.1 cm³/mol. The number of nitrogens with one attached hydrogen (secondary N) is 2. The molecule has 100 valence electrons. The summed E-state index contributed by atoms with van der Waals surface area (Å²) in [4.78, 5) is 14.7. The second-order valence-electron chi connectivity index (χ2n) is 4.57. The van der Waals surface area contributed by atoms with Crippen LogP contribution in [0.25, 0.3) is 0 Å². The molecular formula is C11H19ClN6. The molecule has 1 aliphatic heterocycles. The molecule has 0 bridgehead atoms. The van der Waals surface area contributed by atoms with E-state index in [-0.39, 0.29) is 5.28 Å². The Morgan fingerprint density at radius 1 is 1.33 bits per heavy atom. The number of hydrogen-bond acceptors (Lipinski definition) is 6. The van der Waals surface area contributed by atoms with Crippen molar-refractivity contribution in [1.29, 1.82) is 0 Å². The number of rotatable bonds is 5. The monoisotopic (exact) mass is 270 g/mol. The van der Waals surface area contributed by atoms with Gasteiger partial charge in [-0.25, -0.2) is 0 Å². The number of likely N-dealkylation sites (N-methyl/N-ethyl adjacent to an activating group) is 1. The fourth-order valence-corrected chi connectivity index (χ4v) is 2.13. The quantitative estimate of drug-likeness (QED) is 0.845. The van der Waals surface area contributed by atoms with E-state index in [2.05, 4.69) is 44.5 Å². The summed E-state index contributed by atoms with van der Waals surface area (Å²) >= 11 is 5.89. The first-order valence-corrected chi connectivity index (χ1v) is 6.65. The number of aromatic nitrogens is 3. The van der Waals surface area contributed by atoms with Gasteiger partial charge in [0.05, 0.1) is 0 Å². The Bertz CT molecular complexity index is 399. The van der Waals surface area contributed by atoms with E-state index in [0.29, 0.717) is 17.9 Å². The van der Waals surface area contributed by atoms with Crippen molar-refractivity contribution in [3.63, 3.8) is 0 Å². The van der Waals surface area contributed by atoms with Crippen LogP contribution < -0.4 is 10.6 Å². The van der Waals surface area contributed by atoms with Crippen molar-refractivity contribution in [2.24, 2.45) is 0 Å². The topological polar surface area (TPSA) is 66.0 Å². The van der Waals surface area contributed by atoms with Crippen molar-refractivity contribution in [1.82, 2.24) is 19.9 Å². The first-order valence-electron chi connectivity index (χ1n) is 6.28. The summed E-state index contributed by atoms with van der Waals surface area (Å²) in [6, 6.07) is 0.382. The summed E-state index contributed by atoms with van der Waals surface area (Å²) < 4.78 is 0. The molecule has 1 fully saturated rings. The van der Waals surface area contributed by atoms with Crippen molar-refractivity contribution < 1.29 is 0 Å². The zero-order valence-electron chi connectivity index (χ0n) is 10.8. The summed E-state index contributed by atoms with van der Waals surface area (Å²) in [5.74, 6) is 1.08. The molecule has 2 rings (SSSR count). The van der Waals surface area contributed by atoms with Gasteiger partial charge >= 0.3 is 0 Å². The smallest absolute Gasteiger partial charge is 0.229 e. The van der Waals surface area contributed by atoms with Crippen LogP contribution in [0.3, 0.4) is 0 Å². The third kappa shape index (κ3) is 3.68. The minimum Gasteiger partial charge on any atom is -0.354 e. The van der Waals surface area contributed by atoms with E-state index in [0.717, 1.165) is 32.5 Å². The van der Waals surface area contributed by atoms with Crippen LogP contribution in [-0.2, 0) is 0 Å². The van der Waals surface area contributed by atoms with Crippen LogP contribution in [0.5, 0.6) is 0 Å². The summed E-state index contributed by atoms with van der Waals surface area (Å²) in [5, 5.41) is 6.63. The molecule has 1 aromatic heterocycles. The van der Waals surface area contributed by atoms with Crippen molar-refractivity contribution in [2.75, 3.05) is 37.3 Å². The van der Waals surface area contributed by atoms with Crippen LogP contribution in [0.15, 0.2) is 0 Å². The van der Waals surface area contributed by atoms with Gasteiger partial charge < -0.3 is 15.5 Å². The number of hydrogen-bond donors (Lipinski definition) is 2. The Labute approximate surface area is 112 Å². The molecule has 1 unspecified atom stereocenters. The molecule has 0 saturated carbocycles. The summed E-state index contributed by atoms with van der Waals surface area (Å²) in [6.07, 6.45) is 2.11. The highest BCUT2D eigenvalue weighted by molar-refractivity contribution is 6.28. The molecule has 0 amide bonds. The van der Waals surface area contributed by atoms with E-state index >= 15 is 0 Å². The number of nitrogens with zero attached hydrogens (tertiary/aromatic N) is 4. The number of likely N-dealkylation sites (tertiary alicyclic amines) is 1. The standard InChI is InChI=1S/C11H19ClN6/c1-3-5-13-10-15-9(12)16-11(17-10)14-8-4-6-18(2)7-8/h8H,3-7H2,1-2H3,(H2,13,14,15,16,17). The molecule has 1 aromatic rings. The largest absolute Gasteiger partial charge is 0.354 e. The van der Waals surface area contributed by atoms with Crippen LogP contribution in [-0.4, -0.2) is 52.6 Å². The van der Waals surface area contributed by atoms with Crippen molar-refractivity contribution in [2.45, 2.75) is 25.8 Å². The molecule has 0 spiro atoms. The van der Waals surface area contributed by atoms with Gasteiger partial charge in [-0.15, -0.1) is 0 Å². The molecule has 2 heterocycles. The molecule has 1 atom stereocenters. The van der Waals surface area contributed by atoms with Crippen LogP contribution in [0.1, 0.15) is 19.8 Å². The maximum absolute atomic E-state index is 5.89. The molecule has 18 heavy (non-hydrogen) atoms. The summed E-state index contributed by atoms with van der Waals surface area (Å²) in [6.45, 7) is 5.01. The van der Waals surface area contributed by atoms with Crippen molar-refractivity contribution in [3.8, 4) is 0 Å². The van der Waals surface area contributed by atoms with Crippen molar-refractivity contribution >= 4 is 23.5 Å². The predicted octanol–water partition coefficient (Wildman–Crippen LogP) is 1.46. The van der Waals surface area contributed by atoms with E-state index in [9.17, 15) is 0 Å². The fourth-order valence-electron chi connectivity index (χ4n) is 1.97. The van der Waals surface area contributed by atoms with Gasteiger partial charge in [0.2, 0.25) is 17.2 Å². The van der Waals surface area contributed by atoms with Crippen LogP contribution in [0.2, 0.25) is 5.28 Å². The Morgan fingerprint density at radius 3 is 2.78 bits per heavy atom. The summed E-state index contributed by atoms with van der Waals surface area (Å²) in [7, 11) is 2.11. The maximum atomic E-state index is 5.89. The molecule has 2 N–H and O–H groups in total. The third-order valence-corrected chi connectivity index (χ3v) is 3.03. The fraction of sp³-hybridized carbons (Fsp3) is 0.727. The Kier molecular flexibility index (Phi) is 4.54. The maximum Gasteiger partial charge on any atom is 0.229 e. The van der Waals surface area contributed by atoms with Gasteiger partial charge in [-0.05, 0) is 38.0 Å². The Morgan fingerprint density at radius 2 is 2.11 bits per heavy atom. The summed E-state index contributed by atoms with van der Waals surface area (Å²) in [5.41, 5.74) is 0. The molecular weight excluding hydrogens is 252 g/mol. The SMILES string of the molecule is CCCNc1nc(Cl)nc(NC2CCN(C)C2)n1. The van der Waals surface area contributed by atoms with Crippen LogP contribution in [0.4, 0.5) is 11.9 Å². The van der Waals surface area contributed by atoms with E-state index in [1.54, 1.807) is 0 Å². The minimum absolute atomic E-state index is 0.220. The molecule has 0 aromatic carbocycles. The van der Waals surface area contributed by atoms with Gasteiger partial charge in [0.25, 0.3) is 0 Å². The Balaban J connectivity index is 2.00. The molecule has 6 nitrogen and oxygen atoms in total. The highest BCUT2D eigenvalue weighted by Gasteiger charge is 2.20. The van der Waals surface area contributed by atoms with Gasteiger partial charge in [-0.3, -0.25) is 0 Å². The lowest BCUT2D eigenvalue weighted by Gasteiger charge is -2.13. The van der Waals surface area contributed by atoms with Crippen molar-refractivity contribution in [3.05, 3.63) is 5.28 Å². The average Bonchev–Trinajstić information content (AvgIpc) is 2.71. The van der Waals surface area contributed by atoms with Gasteiger partial charge in [-0.1, -0.05) is 6.92 Å². The lowest BCUT2D eigenvalue weighted by atomic mass is 10.3. The second kappa shape index (κ2) is 6.15. The lowest BCUT2D eigenvalue weighted by Crippen LogP contribution is -2.25. The van der Waals surface area contributed by atoms with Gasteiger partial charge in [0.1, 0.15) is 0 Å². The molecule has 1 saturated heterocycles. The molecule has 0 aliphatic carbocycles. The Hall–Kier alpha value is -1.14. The zero-order valence-corrected chi connectivity index (χ0v) is 11.5. The zero-order chi connectivity index (χ0) is 13.0. The minimum atomic E-state index is 0.220. The molecule has 7 heteroatoms. The molecule has 0 radical (unpaired) electrons. The second-order valence-corrected chi connectivity index (χ2v) is 4.91.